The Morgan fingerprint density at radius 2 is 2.00 bits per heavy atom. The van der Waals surface area contributed by atoms with E-state index in [0.717, 1.165) is 10.0 Å². The average Bonchev–Trinajstić information content (AvgIpc) is 1.94. The summed E-state index contributed by atoms with van der Waals surface area (Å²) in [6.07, 6.45) is 1.76. The van der Waals surface area contributed by atoms with Crippen molar-refractivity contribution in [3.05, 3.63) is 22.3 Å². The molecule has 2 nitrogen and oxygen atoms in total. The van der Waals surface area contributed by atoms with E-state index in [0.29, 0.717) is 5.88 Å². The van der Waals surface area contributed by atoms with E-state index in [1.165, 1.54) is 0 Å². The third kappa shape index (κ3) is 3.35. The van der Waals surface area contributed by atoms with Crippen LogP contribution in [0.15, 0.2) is 16.7 Å². The Kier molecular flexibility index (Phi) is 2.96. The molecule has 0 N–H and O–H groups in total. The van der Waals surface area contributed by atoms with Gasteiger partial charge >= 0.3 is 0 Å². The van der Waals surface area contributed by atoms with Crippen molar-refractivity contribution in [1.29, 1.82) is 0 Å². The average molecular weight is 244 g/mol. The number of hydrogen-bond acceptors (Lipinski definition) is 2. The molecule has 1 aromatic heterocycles. The Hall–Kier alpha value is -0.570. The van der Waals surface area contributed by atoms with Crippen LogP contribution in [-0.2, 0) is 0 Å². The van der Waals surface area contributed by atoms with Gasteiger partial charge in [-0.3, -0.25) is 0 Å². The van der Waals surface area contributed by atoms with Crippen molar-refractivity contribution in [2.75, 3.05) is 0 Å². The number of aromatic nitrogens is 1. The fraction of sp³-hybridized carbons (Fsp3) is 0.500. The highest BCUT2D eigenvalue weighted by Crippen LogP contribution is 2.21. The fourth-order valence-electron chi connectivity index (χ4n) is 0.883. The molecule has 0 amide bonds. The van der Waals surface area contributed by atoms with Gasteiger partial charge in [-0.25, -0.2) is 4.98 Å². The van der Waals surface area contributed by atoms with E-state index in [2.05, 4.69) is 20.9 Å². The van der Waals surface area contributed by atoms with Gasteiger partial charge in [-0.1, -0.05) is 0 Å². The first kappa shape index (κ1) is 10.5. The maximum Gasteiger partial charge on any atom is 0.214 e. The Bertz CT molecular complexity index is 304. The second-order valence-corrected chi connectivity index (χ2v) is 4.84. The van der Waals surface area contributed by atoms with E-state index in [4.69, 9.17) is 4.74 Å². The first-order valence-corrected chi connectivity index (χ1v) is 4.99. The van der Waals surface area contributed by atoms with Crippen LogP contribution in [0.5, 0.6) is 5.88 Å². The monoisotopic (exact) mass is 243 g/mol. The summed E-state index contributed by atoms with van der Waals surface area (Å²) >= 11 is 3.39. The van der Waals surface area contributed by atoms with Crippen molar-refractivity contribution in [2.45, 2.75) is 33.3 Å². The molecule has 1 aromatic rings. The number of pyridine rings is 1. The van der Waals surface area contributed by atoms with E-state index >= 15 is 0 Å². The van der Waals surface area contributed by atoms with Crippen molar-refractivity contribution >= 4 is 15.9 Å². The predicted molar refractivity (Wildman–Crippen MR) is 57.1 cm³/mol. The summed E-state index contributed by atoms with van der Waals surface area (Å²) in [6.45, 7) is 8.03. The zero-order chi connectivity index (χ0) is 10.1. The molecule has 0 aliphatic carbocycles. The Balaban J connectivity index is 2.86. The maximum atomic E-state index is 5.61. The summed E-state index contributed by atoms with van der Waals surface area (Å²) in [6, 6.07) is 1.93. The molecular weight excluding hydrogens is 230 g/mol. The highest BCUT2D eigenvalue weighted by molar-refractivity contribution is 9.10. The molecule has 0 aliphatic rings. The number of halogens is 1. The molecule has 0 unspecified atom stereocenters. The Morgan fingerprint density at radius 3 is 2.46 bits per heavy atom. The SMILES string of the molecule is Cc1cc(OC(C)(C)C)ncc1Br. The lowest BCUT2D eigenvalue weighted by Crippen LogP contribution is -2.23. The van der Waals surface area contributed by atoms with E-state index < -0.39 is 0 Å². The molecular formula is C10H14BrNO. The fourth-order valence-corrected chi connectivity index (χ4v) is 1.10. The Labute approximate surface area is 87.5 Å². The van der Waals surface area contributed by atoms with Crippen LogP contribution in [0.1, 0.15) is 26.3 Å². The van der Waals surface area contributed by atoms with E-state index in [9.17, 15) is 0 Å². The van der Waals surface area contributed by atoms with E-state index in [1.807, 2.05) is 33.8 Å². The summed E-state index contributed by atoms with van der Waals surface area (Å²) in [4.78, 5) is 4.16. The van der Waals surface area contributed by atoms with Gasteiger partial charge in [0.25, 0.3) is 0 Å². The minimum atomic E-state index is -0.187. The highest BCUT2D eigenvalue weighted by Gasteiger charge is 2.12. The normalized spacial score (nSPS) is 11.5. The molecule has 0 radical (unpaired) electrons. The van der Waals surface area contributed by atoms with Crippen molar-refractivity contribution in [2.24, 2.45) is 0 Å². The van der Waals surface area contributed by atoms with Gasteiger partial charge in [-0.2, -0.15) is 0 Å². The molecule has 0 fully saturated rings. The van der Waals surface area contributed by atoms with Crippen LogP contribution in [0.2, 0.25) is 0 Å². The molecule has 0 saturated carbocycles. The molecule has 72 valence electrons. The van der Waals surface area contributed by atoms with Gasteiger partial charge in [0.2, 0.25) is 5.88 Å². The minimum Gasteiger partial charge on any atom is -0.472 e. The smallest absolute Gasteiger partial charge is 0.214 e. The topological polar surface area (TPSA) is 22.1 Å². The zero-order valence-electron chi connectivity index (χ0n) is 8.39. The first-order valence-electron chi connectivity index (χ1n) is 4.20. The van der Waals surface area contributed by atoms with Crippen LogP contribution in [0, 0.1) is 6.92 Å². The molecule has 13 heavy (non-hydrogen) atoms. The third-order valence-corrected chi connectivity index (χ3v) is 2.26. The molecule has 0 saturated heterocycles. The largest absolute Gasteiger partial charge is 0.472 e. The standard InChI is InChI=1S/C10H14BrNO/c1-7-5-9(12-6-8(7)11)13-10(2,3)4/h5-6H,1-4H3. The van der Waals surface area contributed by atoms with Crippen molar-refractivity contribution in [1.82, 2.24) is 4.98 Å². The second kappa shape index (κ2) is 3.66. The van der Waals surface area contributed by atoms with Crippen LogP contribution < -0.4 is 4.74 Å². The first-order chi connectivity index (χ1) is 5.88. The van der Waals surface area contributed by atoms with Gasteiger partial charge in [-0.05, 0) is 49.2 Å². The molecule has 0 aliphatic heterocycles. The van der Waals surface area contributed by atoms with Gasteiger partial charge in [0.1, 0.15) is 5.60 Å². The molecule has 1 heterocycles. The summed E-state index contributed by atoms with van der Waals surface area (Å²) in [5.41, 5.74) is 0.946. The second-order valence-electron chi connectivity index (χ2n) is 3.99. The van der Waals surface area contributed by atoms with Crippen molar-refractivity contribution < 1.29 is 4.74 Å². The molecule has 0 aromatic carbocycles. The van der Waals surface area contributed by atoms with Gasteiger partial charge < -0.3 is 4.74 Å². The van der Waals surface area contributed by atoms with Crippen LogP contribution >= 0.6 is 15.9 Å². The number of ether oxygens (including phenoxy) is 1. The Morgan fingerprint density at radius 1 is 1.38 bits per heavy atom. The van der Waals surface area contributed by atoms with Gasteiger partial charge in [0.05, 0.1) is 0 Å². The number of aryl methyl sites for hydroxylation is 1. The zero-order valence-corrected chi connectivity index (χ0v) is 9.97. The predicted octanol–water partition coefficient (Wildman–Crippen LogP) is 3.33. The van der Waals surface area contributed by atoms with Crippen molar-refractivity contribution in [3.8, 4) is 5.88 Å². The minimum absolute atomic E-state index is 0.187. The number of rotatable bonds is 1. The summed E-state index contributed by atoms with van der Waals surface area (Å²) in [5, 5.41) is 0. The van der Waals surface area contributed by atoms with Crippen LogP contribution in [-0.4, -0.2) is 10.6 Å². The van der Waals surface area contributed by atoms with Gasteiger partial charge in [-0.15, -0.1) is 0 Å². The molecule has 1 rings (SSSR count). The van der Waals surface area contributed by atoms with Gasteiger partial charge in [0, 0.05) is 16.7 Å². The van der Waals surface area contributed by atoms with Crippen molar-refractivity contribution in [3.63, 3.8) is 0 Å². The van der Waals surface area contributed by atoms with E-state index in [1.54, 1.807) is 6.20 Å². The third-order valence-electron chi connectivity index (χ3n) is 1.43. The van der Waals surface area contributed by atoms with Crippen LogP contribution in [0.4, 0.5) is 0 Å². The quantitative estimate of drug-likeness (QED) is 0.755. The summed E-state index contributed by atoms with van der Waals surface area (Å²) < 4.78 is 6.61. The van der Waals surface area contributed by atoms with E-state index in [-0.39, 0.29) is 5.60 Å². The lowest BCUT2D eigenvalue weighted by Gasteiger charge is -2.20. The summed E-state index contributed by atoms with van der Waals surface area (Å²) in [5.74, 6) is 0.674. The number of hydrogen-bond donors (Lipinski definition) is 0. The molecule has 0 spiro atoms. The molecule has 0 atom stereocenters. The van der Waals surface area contributed by atoms with Gasteiger partial charge in [0.15, 0.2) is 0 Å². The highest BCUT2D eigenvalue weighted by atomic mass is 79.9. The number of nitrogens with zero attached hydrogens (tertiary/aromatic N) is 1. The lowest BCUT2D eigenvalue weighted by atomic mass is 10.2. The summed E-state index contributed by atoms with van der Waals surface area (Å²) in [7, 11) is 0. The van der Waals surface area contributed by atoms with Crippen LogP contribution in [0.25, 0.3) is 0 Å². The van der Waals surface area contributed by atoms with Crippen LogP contribution in [0.3, 0.4) is 0 Å². The molecule has 0 bridgehead atoms. The maximum absolute atomic E-state index is 5.61. The molecule has 3 heteroatoms. The lowest BCUT2D eigenvalue weighted by molar-refractivity contribution is 0.124.